The van der Waals surface area contributed by atoms with Crippen LogP contribution in [0.3, 0.4) is 0 Å². The van der Waals surface area contributed by atoms with E-state index in [1.807, 2.05) is 0 Å². The normalized spacial score (nSPS) is 12.7. The fourth-order valence-corrected chi connectivity index (χ4v) is 7.91. The van der Waals surface area contributed by atoms with E-state index in [1.54, 1.807) is 0 Å². The SMILES string of the molecule is CC\C=C/C=C\C=C/CCCCCCCCCC(=O)OCC(COC(=O)CCCCCCC\C=C/C=C\C=C/CCCCCCC)OC(=O)CCCCCCCCC/C=C\CCCCCCCC. The predicted octanol–water partition coefficient (Wildman–Crippen LogP) is 19.2. The first kappa shape index (κ1) is 64.6. The van der Waals surface area contributed by atoms with Crippen molar-refractivity contribution >= 4 is 17.9 Å². The average molecular weight is 948 g/mol. The van der Waals surface area contributed by atoms with Crippen LogP contribution in [-0.2, 0) is 28.6 Å². The molecule has 0 fully saturated rings. The quantitative estimate of drug-likeness (QED) is 0.0199. The van der Waals surface area contributed by atoms with Gasteiger partial charge in [-0.2, -0.15) is 0 Å². The lowest BCUT2D eigenvalue weighted by molar-refractivity contribution is -0.167. The average Bonchev–Trinajstić information content (AvgIpc) is 3.34. The smallest absolute Gasteiger partial charge is 0.306 e. The lowest BCUT2D eigenvalue weighted by Gasteiger charge is -2.18. The van der Waals surface area contributed by atoms with Crippen molar-refractivity contribution in [3.63, 3.8) is 0 Å². The van der Waals surface area contributed by atoms with Gasteiger partial charge in [0.2, 0.25) is 0 Å². The molecule has 0 bridgehead atoms. The molecule has 0 aromatic heterocycles. The molecule has 0 aromatic rings. The molecule has 68 heavy (non-hydrogen) atoms. The first-order chi connectivity index (χ1) is 33.5. The molecule has 0 radical (unpaired) electrons. The molecule has 0 heterocycles. The molecule has 0 spiro atoms. The fourth-order valence-electron chi connectivity index (χ4n) is 7.91. The van der Waals surface area contributed by atoms with E-state index in [-0.39, 0.29) is 31.1 Å². The summed E-state index contributed by atoms with van der Waals surface area (Å²) in [7, 11) is 0. The number of ether oxygens (including phenoxy) is 3. The molecule has 0 rings (SSSR count). The van der Waals surface area contributed by atoms with Gasteiger partial charge in [-0.3, -0.25) is 14.4 Å². The van der Waals surface area contributed by atoms with Gasteiger partial charge in [0.05, 0.1) is 0 Å². The minimum atomic E-state index is -0.793. The number of unbranched alkanes of at least 4 members (excludes halogenated alkanes) is 30. The summed E-state index contributed by atoms with van der Waals surface area (Å²) in [6, 6.07) is 0. The first-order valence-electron chi connectivity index (χ1n) is 28.7. The lowest BCUT2D eigenvalue weighted by Crippen LogP contribution is -2.30. The topological polar surface area (TPSA) is 78.9 Å². The Morgan fingerprint density at radius 1 is 0.309 bits per heavy atom. The maximum Gasteiger partial charge on any atom is 0.306 e. The van der Waals surface area contributed by atoms with Crippen LogP contribution in [0.1, 0.15) is 271 Å². The molecule has 1 atom stereocenters. The second kappa shape index (κ2) is 56.2. The molecule has 390 valence electrons. The number of hydrogen-bond acceptors (Lipinski definition) is 6. The lowest BCUT2D eigenvalue weighted by atomic mass is 10.1. The van der Waals surface area contributed by atoms with Gasteiger partial charge in [-0.25, -0.2) is 0 Å². The Kier molecular flexibility index (Phi) is 53.4. The number of esters is 3. The third kappa shape index (κ3) is 53.5. The minimum absolute atomic E-state index is 0.0914. The number of rotatable bonds is 51. The van der Waals surface area contributed by atoms with E-state index in [2.05, 4.69) is 106 Å². The summed E-state index contributed by atoms with van der Waals surface area (Å²) in [6.07, 6.45) is 72.8. The van der Waals surface area contributed by atoms with Crippen LogP contribution in [-0.4, -0.2) is 37.2 Å². The molecule has 6 nitrogen and oxygen atoms in total. The van der Waals surface area contributed by atoms with Gasteiger partial charge in [-0.05, 0) is 89.9 Å². The van der Waals surface area contributed by atoms with Crippen molar-refractivity contribution in [3.05, 3.63) is 85.1 Å². The molecule has 0 saturated heterocycles. The van der Waals surface area contributed by atoms with Gasteiger partial charge < -0.3 is 14.2 Å². The van der Waals surface area contributed by atoms with Crippen LogP contribution in [0.25, 0.3) is 0 Å². The predicted molar refractivity (Wildman–Crippen MR) is 293 cm³/mol. The number of hydrogen-bond donors (Lipinski definition) is 0. The van der Waals surface area contributed by atoms with Gasteiger partial charge in [0.15, 0.2) is 6.10 Å². The molecule has 0 aliphatic carbocycles. The maximum atomic E-state index is 12.9. The van der Waals surface area contributed by atoms with Crippen molar-refractivity contribution in [3.8, 4) is 0 Å². The Hall–Kier alpha value is -3.41. The Morgan fingerprint density at radius 3 is 0.926 bits per heavy atom. The molecule has 0 N–H and O–H groups in total. The van der Waals surface area contributed by atoms with Gasteiger partial charge in [0.25, 0.3) is 0 Å². The Bertz CT molecular complexity index is 1320. The van der Waals surface area contributed by atoms with E-state index < -0.39 is 6.10 Å². The van der Waals surface area contributed by atoms with Crippen LogP contribution >= 0.6 is 0 Å². The molecular formula is C62H106O6. The summed E-state index contributed by atoms with van der Waals surface area (Å²) >= 11 is 0. The van der Waals surface area contributed by atoms with Gasteiger partial charge >= 0.3 is 17.9 Å². The monoisotopic (exact) mass is 947 g/mol. The van der Waals surface area contributed by atoms with Crippen molar-refractivity contribution in [2.24, 2.45) is 0 Å². The highest BCUT2D eigenvalue weighted by molar-refractivity contribution is 5.71. The molecule has 0 aromatic carbocycles. The number of carbonyl (C=O) groups is 3. The van der Waals surface area contributed by atoms with E-state index in [0.717, 1.165) is 96.3 Å². The van der Waals surface area contributed by atoms with Crippen LogP contribution in [0.15, 0.2) is 85.1 Å². The third-order valence-corrected chi connectivity index (χ3v) is 12.2. The fraction of sp³-hybridized carbons (Fsp3) is 0.726. The molecule has 0 saturated carbocycles. The summed E-state index contributed by atoms with van der Waals surface area (Å²) < 4.78 is 16.8. The van der Waals surface area contributed by atoms with E-state index in [4.69, 9.17) is 14.2 Å². The van der Waals surface area contributed by atoms with E-state index in [9.17, 15) is 14.4 Å². The number of carbonyl (C=O) groups excluding carboxylic acids is 3. The Morgan fingerprint density at radius 2 is 0.588 bits per heavy atom. The summed E-state index contributed by atoms with van der Waals surface area (Å²) in [4.78, 5) is 38.2. The van der Waals surface area contributed by atoms with Crippen LogP contribution in [0.4, 0.5) is 0 Å². The summed E-state index contributed by atoms with van der Waals surface area (Å²) in [5.41, 5.74) is 0. The highest BCUT2D eigenvalue weighted by Crippen LogP contribution is 2.15. The van der Waals surface area contributed by atoms with Crippen LogP contribution in [0, 0.1) is 0 Å². The third-order valence-electron chi connectivity index (χ3n) is 12.2. The zero-order valence-electron chi connectivity index (χ0n) is 44.6. The van der Waals surface area contributed by atoms with Crippen LogP contribution in [0.5, 0.6) is 0 Å². The van der Waals surface area contributed by atoms with Crippen molar-refractivity contribution < 1.29 is 28.6 Å². The van der Waals surface area contributed by atoms with Gasteiger partial charge in [-0.1, -0.05) is 247 Å². The highest BCUT2D eigenvalue weighted by Gasteiger charge is 2.19. The largest absolute Gasteiger partial charge is 0.462 e. The maximum absolute atomic E-state index is 12.9. The molecule has 6 heteroatoms. The molecule has 0 aliphatic rings. The molecule has 0 amide bonds. The summed E-state index contributed by atoms with van der Waals surface area (Å²) in [5, 5.41) is 0. The summed E-state index contributed by atoms with van der Waals surface area (Å²) in [6.45, 7) is 6.47. The standard InChI is InChI=1S/C62H106O6/c1-4-7-10-13-16-19-22-25-28-30-32-34-37-40-43-46-49-52-55-61(64)67-58-59(57-66-60(63)54-51-48-45-42-39-36-33-27-24-21-18-15-12-9-6-3)68-62(65)56-53-50-47-44-41-38-35-31-29-26-23-20-17-14-11-8-5-2/h9,12,15,18,21-22,24-26,28-30,32,34,59H,4-8,10-11,13-14,16-17,19-20,23,27,31,33,35-58H2,1-3H3/b12-9-,18-15-,24-21-,25-22-,29-26-,30-28-,34-32-. The second-order valence-electron chi connectivity index (χ2n) is 18.9. The Labute approximate surface area is 420 Å². The van der Waals surface area contributed by atoms with Gasteiger partial charge in [0, 0.05) is 19.3 Å². The Balaban J connectivity index is 4.44. The molecule has 0 aliphatic heterocycles. The number of allylic oxidation sites excluding steroid dienone is 14. The van der Waals surface area contributed by atoms with Crippen LogP contribution < -0.4 is 0 Å². The van der Waals surface area contributed by atoms with E-state index in [1.165, 1.54) is 135 Å². The van der Waals surface area contributed by atoms with E-state index in [0.29, 0.717) is 19.3 Å². The zero-order chi connectivity index (χ0) is 49.3. The van der Waals surface area contributed by atoms with Crippen molar-refractivity contribution in [1.82, 2.24) is 0 Å². The van der Waals surface area contributed by atoms with Crippen LogP contribution in [0.2, 0.25) is 0 Å². The van der Waals surface area contributed by atoms with Crippen molar-refractivity contribution in [2.45, 2.75) is 277 Å². The minimum Gasteiger partial charge on any atom is -0.462 e. The summed E-state index contributed by atoms with van der Waals surface area (Å²) in [5.74, 6) is -0.921. The second-order valence-corrected chi connectivity index (χ2v) is 18.9. The molecule has 1 unspecified atom stereocenters. The molecular weight excluding hydrogens is 841 g/mol. The van der Waals surface area contributed by atoms with Crippen molar-refractivity contribution in [1.29, 1.82) is 0 Å². The van der Waals surface area contributed by atoms with Gasteiger partial charge in [0.1, 0.15) is 13.2 Å². The van der Waals surface area contributed by atoms with Crippen molar-refractivity contribution in [2.75, 3.05) is 13.2 Å². The highest BCUT2D eigenvalue weighted by atomic mass is 16.6. The zero-order valence-corrected chi connectivity index (χ0v) is 44.6. The van der Waals surface area contributed by atoms with Gasteiger partial charge in [-0.15, -0.1) is 0 Å². The van der Waals surface area contributed by atoms with E-state index >= 15 is 0 Å². The first-order valence-corrected chi connectivity index (χ1v) is 28.7.